The van der Waals surface area contributed by atoms with Crippen LogP contribution in [0.2, 0.25) is 0 Å². The maximum atomic E-state index is 12.7. The highest BCUT2D eigenvalue weighted by molar-refractivity contribution is 9.10. The van der Waals surface area contributed by atoms with Gasteiger partial charge < -0.3 is 15.5 Å². The molecule has 1 atom stereocenters. The van der Waals surface area contributed by atoms with E-state index in [9.17, 15) is 14.4 Å². The van der Waals surface area contributed by atoms with Gasteiger partial charge in [-0.25, -0.2) is 0 Å². The maximum Gasteiger partial charge on any atom is 0.255 e. The highest BCUT2D eigenvalue weighted by Gasteiger charge is 2.35. The Morgan fingerprint density at radius 1 is 0.871 bits per heavy atom. The monoisotopic (exact) mass is 477 g/mol. The van der Waals surface area contributed by atoms with E-state index in [0.717, 1.165) is 10.2 Å². The van der Waals surface area contributed by atoms with E-state index in [1.165, 1.54) is 0 Å². The molecule has 1 unspecified atom stereocenters. The Hall–Kier alpha value is -3.45. The molecular formula is C24H20BrN3O3. The van der Waals surface area contributed by atoms with Gasteiger partial charge >= 0.3 is 0 Å². The molecule has 3 aromatic carbocycles. The molecule has 31 heavy (non-hydrogen) atoms. The van der Waals surface area contributed by atoms with Crippen LogP contribution in [-0.2, 0) is 9.59 Å². The van der Waals surface area contributed by atoms with Crippen molar-refractivity contribution in [2.24, 2.45) is 5.92 Å². The number of amides is 3. The van der Waals surface area contributed by atoms with Crippen LogP contribution in [0.3, 0.4) is 0 Å². The zero-order chi connectivity index (χ0) is 21.8. The van der Waals surface area contributed by atoms with Gasteiger partial charge in [-0.1, -0.05) is 40.2 Å². The predicted molar refractivity (Wildman–Crippen MR) is 124 cm³/mol. The summed E-state index contributed by atoms with van der Waals surface area (Å²) in [7, 11) is 0. The van der Waals surface area contributed by atoms with Gasteiger partial charge in [0.1, 0.15) is 0 Å². The Morgan fingerprint density at radius 2 is 1.61 bits per heavy atom. The van der Waals surface area contributed by atoms with Crippen LogP contribution in [0, 0.1) is 5.92 Å². The maximum absolute atomic E-state index is 12.7. The zero-order valence-corrected chi connectivity index (χ0v) is 18.1. The van der Waals surface area contributed by atoms with Crippen LogP contribution in [0.1, 0.15) is 16.8 Å². The van der Waals surface area contributed by atoms with Crippen LogP contribution in [0.4, 0.5) is 17.1 Å². The fourth-order valence-corrected chi connectivity index (χ4v) is 3.86. The van der Waals surface area contributed by atoms with Crippen molar-refractivity contribution in [2.45, 2.75) is 6.42 Å². The normalized spacial score (nSPS) is 15.6. The van der Waals surface area contributed by atoms with Gasteiger partial charge in [-0.15, -0.1) is 0 Å². The molecule has 1 fully saturated rings. The molecule has 1 heterocycles. The minimum atomic E-state index is -0.424. The van der Waals surface area contributed by atoms with Crippen molar-refractivity contribution in [2.75, 3.05) is 22.1 Å². The van der Waals surface area contributed by atoms with Gasteiger partial charge in [0.15, 0.2) is 0 Å². The molecule has 156 valence electrons. The minimum absolute atomic E-state index is 0.0640. The highest BCUT2D eigenvalue weighted by atomic mass is 79.9. The number of para-hydroxylation sites is 1. The number of rotatable bonds is 5. The summed E-state index contributed by atoms with van der Waals surface area (Å²) in [5.41, 5.74) is 2.54. The molecule has 0 spiro atoms. The molecular weight excluding hydrogens is 458 g/mol. The van der Waals surface area contributed by atoms with E-state index in [1.54, 1.807) is 35.2 Å². The highest BCUT2D eigenvalue weighted by Crippen LogP contribution is 2.26. The van der Waals surface area contributed by atoms with E-state index >= 15 is 0 Å². The van der Waals surface area contributed by atoms with E-state index < -0.39 is 5.92 Å². The number of hydrogen-bond acceptors (Lipinski definition) is 3. The van der Waals surface area contributed by atoms with Crippen LogP contribution in [-0.4, -0.2) is 24.3 Å². The minimum Gasteiger partial charge on any atom is -0.326 e. The Kier molecular flexibility index (Phi) is 6.13. The predicted octanol–water partition coefficient (Wildman–Crippen LogP) is 4.69. The fraction of sp³-hybridized carbons (Fsp3) is 0.125. The summed E-state index contributed by atoms with van der Waals surface area (Å²) in [5, 5.41) is 5.67. The van der Waals surface area contributed by atoms with Gasteiger partial charge in [-0.3, -0.25) is 14.4 Å². The third-order valence-electron chi connectivity index (χ3n) is 5.06. The zero-order valence-electron chi connectivity index (χ0n) is 16.5. The van der Waals surface area contributed by atoms with Crippen molar-refractivity contribution >= 4 is 50.7 Å². The lowest BCUT2D eigenvalue weighted by Gasteiger charge is -2.16. The molecule has 7 heteroatoms. The van der Waals surface area contributed by atoms with Crippen molar-refractivity contribution < 1.29 is 14.4 Å². The number of carbonyl (C=O) groups is 3. The molecule has 4 rings (SSSR count). The number of halogens is 1. The lowest BCUT2D eigenvalue weighted by atomic mass is 10.1. The number of anilines is 3. The van der Waals surface area contributed by atoms with Gasteiger partial charge in [-0.05, 0) is 54.6 Å². The van der Waals surface area contributed by atoms with Crippen molar-refractivity contribution in [1.82, 2.24) is 0 Å². The first kappa shape index (κ1) is 20.8. The van der Waals surface area contributed by atoms with Crippen LogP contribution in [0.5, 0.6) is 0 Å². The molecule has 1 saturated heterocycles. The third kappa shape index (κ3) is 5.00. The lowest BCUT2D eigenvalue weighted by Crippen LogP contribution is -2.28. The van der Waals surface area contributed by atoms with E-state index in [-0.39, 0.29) is 24.1 Å². The Morgan fingerprint density at radius 3 is 2.32 bits per heavy atom. The smallest absolute Gasteiger partial charge is 0.255 e. The Labute approximate surface area is 188 Å². The number of hydrogen-bond donors (Lipinski definition) is 2. The van der Waals surface area contributed by atoms with Crippen LogP contribution in [0.15, 0.2) is 83.3 Å². The molecule has 2 N–H and O–H groups in total. The second kappa shape index (κ2) is 9.14. The molecule has 6 nitrogen and oxygen atoms in total. The van der Waals surface area contributed by atoms with Gasteiger partial charge in [-0.2, -0.15) is 0 Å². The van der Waals surface area contributed by atoms with Crippen LogP contribution in [0.25, 0.3) is 0 Å². The molecule has 1 aliphatic rings. The summed E-state index contributed by atoms with van der Waals surface area (Å²) in [4.78, 5) is 39.0. The molecule has 0 bridgehead atoms. The second-order valence-corrected chi connectivity index (χ2v) is 8.19. The third-order valence-corrected chi connectivity index (χ3v) is 5.55. The first-order valence-electron chi connectivity index (χ1n) is 9.83. The first-order valence-corrected chi connectivity index (χ1v) is 10.6. The van der Waals surface area contributed by atoms with Crippen molar-refractivity contribution in [3.05, 3.63) is 88.9 Å². The summed E-state index contributed by atoms with van der Waals surface area (Å²) in [6.45, 7) is 0.349. The van der Waals surface area contributed by atoms with Crippen LogP contribution >= 0.6 is 15.9 Å². The van der Waals surface area contributed by atoms with Gasteiger partial charge in [0.2, 0.25) is 11.8 Å². The van der Waals surface area contributed by atoms with Gasteiger partial charge in [0.05, 0.1) is 5.92 Å². The quantitative estimate of drug-likeness (QED) is 0.559. The van der Waals surface area contributed by atoms with Crippen molar-refractivity contribution in [1.29, 1.82) is 0 Å². The van der Waals surface area contributed by atoms with Gasteiger partial charge in [0.25, 0.3) is 5.91 Å². The van der Waals surface area contributed by atoms with Crippen LogP contribution < -0.4 is 15.5 Å². The number of benzene rings is 3. The standard InChI is InChI=1S/C24H20BrN3O3/c25-18-5-4-6-20(14-18)27-23(30)16-9-11-19(12-10-16)26-24(31)17-13-22(29)28(15-17)21-7-2-1-3-8-21/h1-12,14,17H,13,15H2,(H,26,31)(H,27,30). The van der Waals surface area contributed by atoms with E-state index in [4.69, 9.17) is 0 Å². The number of nitrogens with one attached hydrogen (secondary N) is 2. The average molecular weight is 478 g/mol. The molecule has 0 aliphatic carbocycles. The number of carbonyl (C=O) groups excluding carboxylic acids is 3. The molecule has 1 aliphatic heterocycles. The Balaban J connectivity index is 1.36. The van der Waals surface area contributed by atoms with Crippen molar-refractivity contribution in [3.63, 3.8) is 0 Å². The SMILES string of the molecule is O=C(Nc1cccc(Br)c1)c1ccc(NC(=O)C2CC(=O)N(c3ccccc3)C2)cc1. The largest absolute Gasteiger partial charge is 0.326 e. The summed E-state index contributed by atoms with van der Waals surface area (Å²) in [5.74, 6) is -0.938. The molecule has 0 saturated carbocycles. The molecule has 3 aromatic rings. The molecule has 3 amide bonds. The summed E-state index contributed by atoms with van der Waals surface area (Å²) >= 11 is 3.37. The summed E-state index contributed by atoms with van der Waals surface area (Å²) in [6.07, 6.45) is 0.174. The van der Waals surface area contributed by atoms with E-state index in [1.807, 2.05) is 48.5 Å². The summed E-state index contributed by atoms with van der Waals surface area (Å²) in [6, 6.07) is 23.3. The van der Waals surface area contributed by atoms with E-state index in [0.29, 0.717) is 23.5 Å². The Bertz CT molecular complexity index is 1120. The fourth-order valence-electron chi connectivity index (χ4n) is 3.46. The van der Waals surface area contributed by atoms with E-state index in [2.05, 4.69) is 26.6 Å². The average Bonchev–Trinajstić information content (AvgIpc) is 3.17. The lowest BCUT2D eigenvalue weighted by molar-refractivity contribution is -0.122. The molecule has 0 aromatic heterocycles. The second-order valence-electron chi connectivity index (χ2n) is 7.27. The van der Waals surface area contributed by atoms with Crippen molar-refractivity contribution in [3.8, 4) is 0 Å². The molecule has 0 radical (unpaired) electrons. The topological polar surface area (TPSA) is 78.5 Å². The van der Waals surface area contributed by atoms with Gasteiger partial charge in [0, 0.05) is 40.1 Å². The first-order chi connectivity index (χ1) is 15.0. The number of nitrogens with zero attached hydrogens (tertiary/aromatic N) is 1. The summed E-state index contributed by atoms with van der Waals surface area (Å²) < 4.78 is 0.875.